The second kappa shape index (κ2) is 9.41. The molecule has 0 saturated carbocycles. The molecule has 148 valence electrons. The first-order valence-corrected chi connectivity index (χ1v) is 9.42. The van der Waals surface area contributed by atoms with E-state index in [1.165, 1.54) is 0 Å². The number of thiocarbonyl (C=S) groups is 1. The third-order valence-corrected chi connectivity index (χ3v) is 4.25. The molecule has 0 aliphatic rings. The quantitative estimate of drug-likeness (QED) is 0.610. The minimum Gasteiger partial charge on any atom is -0.462 e. The molecule has 0 spiro atoms. The first kappa shape index (κ1) is 21.5. The van der Waals surface area contributed by atoms with E-state index in [1.54, 1.807) is 43.6 Å². The summed E-state index contributed by atoms with van der Waals surface area (Å²) in [6, 6.07) is 10.7. The largest absolute Gasteiger partial charge is 0.462 e. The second-order valence-corrected chi connectivity index (χ2v) is 7.60. The summed E-state index contributed by atoms with van der Waals surface area (Å²) in [6.45, 7) is 8.01. The molecule has 1 aromatic carbocycles. The molecule has 0 atom stereocenters. The molecule has 0 unspecified atom stereocenters. The number of aromatic nitrogens is 1. The molecular weight excluding hydrogens is 374 g/mol. The highest BCUT2D eigenvalue weighted by Gasteiger charge is 2.24. The van der Waals surface area contributed by atoms with Gasteiger partial charge in [-0.3, -0.25) is 9.78 Å². The number of pyridine rings is 1. The topological polar surface area (TPSA) is 71.5 Å². The van der Waals surface area contributed by atoms with Crippen molar-refractivity contribution in [1.29, 1.82) is 0 Å². The van der Waals surface area contributed by atoms with Crippen LogP contribution in [0, 0.1) is 5.41 Å². The van der Waals surface area contributed by atoms with Gasteiger partial charge in [-0.05, 0) is 61.1 Å². The fourth-order valence-electron chi connectivity index (χ4n) is 2.30. The van der Waals surface area contributed by atoms with Gasteiger partial charge in [0.25, 0.3) is 0 Å². The zero-order valence-corrected chi connectivity index (χ0v) is 17.4. The summed E-state index contributed by atoms with van der Waals surface area (Å²) in [4.78, 5) is 30.1. The van der Waals surface area contributed by atoms with Crippen LogP contribution in [-0.4, -0.2) is 28.6 Å². The Morgan fingerprint density at radius 3 is 2.25 bits per heavy atom. The molecule has 6 nitrogen and oxygen atoms in total. The van der Waals surface area contributed by atoms with Crippen LogP contribution in [0.2, 0.25) is 0 Å². The Balaban J connectivity index is 2.28. The zero-order valence-electron chi connectivity index (χ0n) is 16.6. The average molecular weight is 400 g/mol. The van der Waals surface area contributed by atoms with Gasteiger partial charge < -0.3 is 15.0 Å². The smallest absolute Gasteiger partial charge is 0.338 e. The summed E-state index contributed by atoms with van der Waals surface area (Å²) in [5, 5.41) is 3.10. The number of carbonyl (C=O) groups excluding carboxylic acids is 2. The predicted octanol–water partition coefficient (Wildman–Crippen LogP) is 3.71. The van der Waals surface area contributed by atoms with E-state index in [4.69, 9.17) is 17.0 Å². The number of esters is 1. The van der Waals surface area contributed by atoms with Gasteiger partial charge in [-0.2, -0.15) is 0 Å². The van der Waals surface area contributed by atoms with E-state index in [1.807, 2.05) is 37.8 Å². The second-order valence-electron chi connectivity index (χ2n) is 7.22. The molecule has 1 N–H and O–H groups in total. The Hall–Kier alpha value is -2.80. The number of nitrogens with one attached hydrogen (secondary N) is 1. The van der Waals surface area contributed by atoms with Crippen LogP contribution >= 0.6 is 12.2 Å². The zero-order chi connectivity index (χ0) is 20.7. The maximum Gasteiger partial charge on any atom is 0.338 e. The molecule has 2 rings (SSSR count). The first-order chi connectivity index (χ1) is 13.2. The Bertz CT molecular complexity index is 830. The number of carbonyl (C=O) groups is 2. The summed E-state index contributed by atoms with van der Waals surface area (Å²) in [5.41, 5.74) is 1.63. The lowest BCUT2D eigenvalue weighted by molar-refractivity contribution is -0.126. The normalized spacial score (nSPS) is 10.9. The van der Waals surface area contributed by atoms with Crippen molar-refractivity contribution >= 4 is 34.9 Å². The highest BCUT2D eigenvalue weighted by molar-refractivity contribution is 7.80. The third kappa shape index (κ3) is 5.85. The number of rotatable bonds is 5. The molecule has 0 saturated heterocycles. The fourth-order valence-corrected chi connectivity index (χ4v) is 2.56. The molecule has 7 heteroatoms. The molecule has 0 fully saturated rings. The summed E-state index contributed by atoms with van der Waals surface area (Å²) in [5.74, 6) is -0.543. The minimum absolute atomic E-state index is 0.166. The molecule has 1 heterocycles. The van der Waals surface area contributed by atoms with Gasteiger partial charge in [0, 0.05) is 23.5 Å². The van der Waals surface area contributed by atoms with E-state index in [0.29, 0.717) is 23.8 Å². The van der Waals surface area contributed by atoms with Gasteiger partial charge in [0.05, 0.1) is 18.7 Å². The molecule has 0 aliphatic heterocycles. The van der Waals surface area contributed by atoms with Gasteiger partial charge in [-0.25, -0.2) is 4.79 Å². The SMILES string of the molecule is CCOC(=O)c1ccc(N(Cc2ccncc2)C(=S)NC(=O)C(C)(C)C)cc1. The maximum atomic E-state index is 12.4. The van der Waals surface area contributed by atoms with Crippen molar-refractivity contribution in [2.75, 3.05) is 11.5 Å². The van der Waals surface area contributed by atoms with Crippen LogP contribution in [0.15, 0.2) is 48.8 Å². The third-order valence-electron chi connectivity index (χ3n) is 3.93. The van der Waals surface area contributed by atoms with Gasteiger partial charge in [-0.15, -0.1) is 0 Å². The van der Waals surface area contributed by atoms with Crippen molar-refractivity contribution in [2.45, 2.75) is 34.2 Å². The number of hydrogen-bond acceptors (Lipinski definition) is 5. The molecule has 0 aliphatic carbocycles. The van der Waals surface area contributed by atoms with Crippen molar-refractivity contribution in [3.8, 4) is 0 Å². The summed E-state index contributed by atoms with van der Waals surface area (Å²) in [7, 11) is 0. The van der Waals surface area contributed by atoms with Crippen molar-refractivity contribution in [2.24, 2.45) is 5.41 Å². The lowest BCUT2D eigenvalue weighted by atomic mass is 9.96. The Morgan fingerprint density at radius 1 is 1.11 bits per heavy atom. The van der Waals surface area contributed by atoms with Crippen LogP contribution < -0.4 is 10.2 Å². The van der Waals surface area contributed by atoms with Crippen LogP contribution in [0.5, 0.6) is 0 Å². The van der Waals surface area contributed by atoms with E-state index in [-0.39, 0.29) is 11.9 Å². The Morgan fingerprint density at radius 2 is 1.71 bits per heavy atom. The van der Waals surface area contributed by atoms with Gasteiger partial charge in [0.1, 0.15) is 0 Å². The lowest BCUT2D eigenvalue weighted by Gasteiger charge is -2.28. The lowest BCUT2D eigenvalue weighted by Crippen LogP contribution is -2.46. The van der Waals surface area contributed by atoms with Crippen LogP contribution in [0.3, 0.4) is 0 Å². The van der Waals surface area contributed by atoms with E-state index < -0.39 is 5.41 Å². The molecular formula is C21H25N3O3S. The maximum absolute atomic E-state index is 12.4. The number of anilines is 1. The van der Waals surface area contributed by atoms with Gasteiger partial charge in [-0.1, -0.05) is 20.8 Å². The van der Waals surface area contributed by atoms with E-state index in [0.717, 1.165) is 11.3 Å². The fraction of sp³-hybridized carbons (Fsp3) is 0.333. The molecule has 2 aromatic rings. The number of ether oxygens (including phenoxy) is 1. The van der Waals surface area contributed by atoms with Crippen LogP contribution in [0.25, 0.3) is 0 Å². The van der Waals surface area contributed by atoms with E-state index in [2.05, 4.69) is 10.3 Å². The Labute approximate surface area is 170 Å². The van der Waals surface area contributed by atoms with Crippen LogP contribution in [0.1, 0.15) is 43.6 Å². The van der Waals surface area contributed by atoms with E-state index in [9.17, 15) is 9.59 Å². The highest BCUT2D eigenvalue weighted by atomic mass is 32.1. The van der Waals surface area contributed by atoms with Gasteiger partial charge >= 0.3 is 5.97 Å². The average Bonchev–Trinajstić information content (AvgIpc) is 2.66. The monoisotopic (exact) mass is 399 g/mol. The van der Waals surface area contributed by atoms with Crippen molar-refractivity contribution in [3.63, 3.8) is 0 Å². The molecule has 0 bridgehead atoms. The van der Waals surface area contributed by atoms with Crippen molar-refractivity contribution in [3.05, 3.63) is 59.9 Å². The molecule has 1 amide bonds. The van der Waals surface area contributed by atoms with Gasteiger partial charge in [0.2, 0.25) is 5.91 Å². The number of benzene rings is 1. The number of amides is 1. The van der Waals surface area contributed by atoms with Crippen LogP contribution in [-0.2, 0) is 16.1 Å². The minimum atomic E-state index is -0.569. The predicted molar refractivity (Wildman–Crippen MR) is 113 cm³/mol. The molecule has 0 radical (unpaired) electrons. The summed E-state index contributed by atoms with van der Waals surface area (Å²) in [6.07, 6.45) is 3.41. The number of nitrogens with zero attached hydrogens (tertiary/aromatic N) is 2. The van der Waals surface area contributed by atoms with E-state index >= 15 is 0 Å². The standard InChI is InChI=1S/C21H25N3O3S/c1-5-27-18(25)16-6-8-17(9-7-16)24(14-15-10-12-22-13-11-15)20(28)23-19(26)21(2,3)4/h6-13H,5,14H2,1-4H3,(H,23,26,28). The summed E-state index contributed by atoms with van der Waals surface area (Å²) >= 11 is 5.51. The molecule has 28 heavy (non-hydrogen) atoms. The first-order valence-electron chi connectivity index (χ1n) is 9.01. The Kier molecular flexibility index (Phi) is 7.23. The molecule has 1 aromatic heterocycles. The van der Waals surface area contributed by atoms with Gasteiger partial charge in [0.15, 0.2) is 5.11 Å². The van der Waals surface area contributed by atoms with Crippen LogP contribution in [0.4, 0.5) is 5.69 Å². The number of hydrogen-bond donors (Lipinski definition) is 1. The van der Waals surface area contributed by atoms with Crippen molar-refractivity contribution < 1.29 is 14.3 Å². The van der Waals surface area contributed by atoms with Crippen molar-refractivity contribution in [1.82, 2.24) is 10.3 Å². The summed E-state index contributed by atoms with van der Waals surface area (Å²) < 4.78 is 5.02. The highest BCUT2D eigenvalue weighted by Crippen LogP contribution is 2.20.